The number of ether oxygens (including phenoxy) is 1. The second-order valence-corrected chi connectivity index (χ2v) is 6.78. The molecule has 0 aliphatic carbocycles. The van der Waals surface area contributed by atoms with Crippen LogP contribution in [0.2, 0.25) is 0 Å². The fourth-order valence-electron chi connectivity index (χ4n) is 2.34. The van der Waals surface area contributed by atoms with Crippen molar-refractivity contribution < 1.29 is 9.53 Å². The first-order valence-corrected chi connectivity index (χ1v) is 8.90. The highest BCUT2D eigenvalue weighted by molar-refractivity contribution is 14.1. The van der Waals surface area contributed by atoms with Gasteiger partial charge >= 0.3 is 0 Å². The number of nitrogens with zero attached hydrogens (tertiary/aromatic N) is 1. The van der Waals surface area contributed by atoms with E-state index in [1.54, 1.807) is 0 Å². The topological polar surface area (TPSA) is 50.7 Å². The fraction of sp³-hybridized carbons (Fsp3) is 0.100. The smallest absolute Gasteiger partial charge is 0.277 e. The third-order valence-corrected chi connectivity index (χ3v) is 4.42. The van der Waals surface area contributed by atoms with Gasteiger partial charge < -0.3 is 4.74 Å². The highest BCUT2D eigenvalue weighted by Gasteiger charge is 2.04. The maximum absolute atomic E-state index is 11.9. The van der Waals surface area contributed by atoms with Gasteiger partial charge in [0.15, 0.2) is 6.61 Å². The quantitative estimate of drug-likeness (QED) is 0.361. The molecule has 4 nitrogen and oxygen atoms in total. The third kappa shape index (κ3) is 4.79. The van der Waals surface area contributed by atoms with Crippen molar-refractivity contribution in [3.05, 3.63) is 75.9 Å². The lowest BCUT2D eigenvalue weighted by Gasteiger charge is -2.06. The largest absolute Gasteiger partial charge is 0.484 e. The number of benzene rings is 3. The Bertz CT molecular complexity index is 920. The Hall–Kier alpha value is -2.41. The number of hydrogen-bond acceptors (Lipinski definition) is 3. The summed E-state index contributed by atoms with van der Waals surface area (Å²) in [6, 6.07) is 21.8. The standard InChI is InChI=1S/C20H17IN2O2/c1-14(16-7-6-15-4-2-3-5-17(15)12-16)22-23-20(24)13-25-19-10-8-18(21)9-11-19/h2-12H,13H2,1H3,(H,23,24)/b22-14+. The van der Waals surface area contributed by atoms with Crippen molar-refractivity contribution in [2.45, 2.75) is 6.92 Å². The third-order valence-electron chi connectivity index (χ3n) is 3.70. The van der Waals surface area contributed by atoms with Gasteiger partial charge in [-0.1, -0.05) is 36.4 Å². The van der Waals surface area contributed by atoms with Gasteiger partial charge in [-0.05, 0) is 76.2 Å². The monoisotopic (exact) mass is 444 g/mol. The second kappa shape index (κ2) is 8.11. The Morgan fingerprint density at radius 2 is 1.76 bits per heavy atom. The fourth-order valence-corrected chi connectivity index (χ4v) is 2.70. The second-order valence-electron chi connectivity index (χ2n) is 5.54. The Balaban J connectivity index is 1.59. The first-order chi connectivity index (χ1) is 12.1. The first-order valence-electron chi connectivity index (χ1n) is 7.82. The summed E-state index contributed by atoms with van der Waals surface area (Å²) in [5.41, 5.74) is 4.25. The lowest BCUT2D eigenvalue weighted by molar-refractivity contribution is -0.123. The number of halogens is 1. The molecule has 126 valence electrons. The molecule has 0 aliphatic heterocycles. The van der Waals surface area contributed by atoms with Gasteiger partial charge in [-0.15, -0.1) is 0 Å². The Kier molecular flexibility index (Phi) is 5.65. The van der Waals surface area contributed by atoms with E-state index in [1.165, 1.54) is 5.39 Å². The van der Waals surface area contributed by atoms with E-state index in [0.717, 1.165) is 20.2 Å². The first kappa shape index (κ1) is 17.4. The molecule has 0 aliphatic rings. The van der Waals surface area contributed by atoms with E-state index in [2.05, 4.69) is 51.3 Å². The molecule has 0 atom stereocenters. The maximum atomic E-state index is 11.9. The van der Waals surface area contributed by atoms with Crippen LogP contribution in [0.4, 0.5) is 0 Å². The van der Waals surface area contributed by atoms with Crippen molar-refractivity contribution in [3.8, 4) is 5.75 Å². The van der Waals surface area contributed by atoms with Crippen molar-refractivity contribution >= 4 is 45.0 Å². The summed E-state index contributed by atoms with van der Waals surface area (Å²) in [6.07, 6.45) is 0. The Labute approximate surface area is 160 Å². The molecule has 0 heterocycles. The molecular formula is C20H17IN2O2. The number of carbonyl (C=O) groups excluding carboxylic acids is 1. The number of hydrogen-bond donors (Lipinski definition) is 1. The number of hydrazone groups is 1. The van der Waals surface area contributed by atoms with Gasteiger partial charge in [0.1, 0.15) is 5.75 Å². The molecule has 5 heteroatoms. The summed E-state index contributed by atoms with van der Waals surface area (Å²) in [5, 5.41) is 6.48. The van der Waals surface area contributed by atoms with Gasteiger partial charge in [-0.3, -0.25) is 4.79 Å². The van der Waals surface area contributed by atoms with Crippen molar-refractivity contribution in [2.75, 3.05) is 6.61 Å². The number of amides is 1. The summed E-state index contributed by atoms with van der Waals surface area (Å²) < 4.78 is 6.55. The zero-order valence-corrected chi connectivity index (χ0v) is 15.9. The molecule has 0 bridgehead atoms. The lowest BCUT2D eigenvalue weighted by atomic mass is 10.0. The predicted molar refractivity (Wildman–Crippen MR) is 109 cm³/mol. The minimum atomic E-state index is -0.293. The van der Waals surface area contributed by atoms with E-state index in [1.807, 2.05) is 55.5 Å². The van der Waals surface area contributed by atoms with Crippen LogP contribution in [0.5, 0.6) is 5.75 Å². The number of nitrogens with one attached hydrogen (secondary N) is 1. The van der Waals surface area contributed by atoms with Crippen LogP contribution in [-0.4, -0.2) is 18.2 Å². The summed E-state index contributed by atoms with van der Waals surface area (Å²) in [4.78, 5) is 11.9. The van der Waals surface area contributed by atoms with Crippen molar-refractivity contribution in [1.82, 2.24) is 5.43 Å². The van der Waals surface area contributed by atoms with Crippen molar-refractivity contribution in [2.24, 2.45) is 5.10 Å². The van der Waals surface area contributed by atoms with E-state index in [9.17, 15) is 4.79 Å². The predicted octanol–water partition coefficient (Wildman–Crippen LogP) is 4.36. The van der Waals surface area contributed by atoms with Gasteiger partial charge in [-0.25, -0.2) is 5.43 Å². The van der Waals surface area contributed by atoms with Gasteiger partial charge in [-0.2, -0.15) is 5.10 Å². The summed E-state index contributed by atoms with van der Waals surface area (Å²) in [7, 11) is 0. The molecular weight excluding hydrogens is 427 g/mol. The molecule has 3 aromatic rings. The van der Waals surface area contributed by atoms with E-state index < -0.39 is 0 Å². The zero-order valence-electron chi connectivity index (χ0n) is 13.7. The van der Waals surface area contributed by atoms with E-state index in [0.29, 0.717) is 5.75 Å². The molecule has 1 N–H and O–H groups in total. The number of rotatable bonds is 5. The maximum Gasteiger partial charge on any atom is 0.277 e. The van der Waals surface area contributed by atoms with Gasteiger partial charge in [0.25, 0.3) is 5.91 Å². The summed E-state index contributed by atoms with van der Waals surface area (Å²) in [6.45, 7) is 1.79. The van der Waals surface area contributed by atoms with Crippen LogP contribution in [0.15, 0.2) is 71.8 Å². The molecule has 1 amide bonds. The number of fused-ring (bicyclic) bond motifs is 1. The molecule has 25 heavy (non-hydrogen) atoms. The molecule has 0 radical (unpaired) electrons. The molecule has 0 fully saturated rings. The highest BCUT2D eigenvalue weighted by atomic mass is 127. The normalized spacial score (nSPS) is 11.4. The van der Waals surface area contributed by atoms with Crippen LogP contribution in [0.25, 0.3) is 10.8 Å². The van der Waals surface area contributed by atoms with Crippen molar-refractivity contribution in [1.29, 1.82) is 0 Å². The zero-order chi connectivity index (χ0) is 17.6. The Morgan fingerprint density at radius 1 is 1.04 bits per heavy atom. The molecule has 0 spiro atoms. The van der Waals surface area contributed by atoms with Crippen LogP contribution in [-0.2, 0) is 4.79 Å². The Morgan fingerprint density at radius 3 is 2.52 bits per heavy atom. The van der Waals surface area contributed by atoms with Crippen LogP contribution in [0, 0.1) is 3.57 Å². The summed E-state index contributed by atoms with van der Waals surface area (Å²) in [5.74, 6) is 0.365. The summed E-state index contributed by atoms with van der Waals surface area (Å²) >= 11 is 2.22. The minimum Gasteiger partial charge on any atom is -0.484 e. The van der Waals surface area contributed by atoms with Crippen molar-refractivity contribution in [3.63, 3.8) is 0 Å². The van der Waals surface area contributed by atoms with E-state index in [-0.39, 0.29) is 12.5 Å². The van der Waals surface area contributed by atoms with Gasteiger partial charge in [0.2, 0.25) is 0 Å². The van der Waals surface area contributed by atoms with Crippen LogP contribution in [0.1, 0.15) is 12.5 Å². The van der Waals surface area contributed by atoms with Crippen LogP contribution >= 0.6 is 22.6 Å². The molecule has 3 aromatic carbocycles. The van der Waals surface area contributed by atoms with E-state index in [4.69, 9.17) is 4.74 Å². The van der Waals surface area contributed by atoms with Crippen LogP contribution in [0.3, 0.4) is 0 Å². The van der Waals surface area contributed by atoms with E-state index >= 15 is 0 Å². The molecule has 3 rings (SSSR count). The highest BCUT2D eigenvalue weighted by Crippen LogP contribution is 2.16. The SMILES string of the molecule is C/C(=N\NC(=O)COc1ccc(I)cc1)c1ccc2ccccc2c1. The molecule has 0 saturated heterocycles. The van der Waals surface area contributed by atoms with Gasteiger partial charge in [0, 0.05) is 3.57 Å². The minimum absolute atomic E-state index is 0.0743. The average Bonchev–Trinajstić information content (AvgIpc) is 2.65. The van der Waals surface area contributed by atoms with Crippen LogP contribution < -0.4 is 10.2 Å². The molecule has 0 aromatic heterocycles. The molecule has 0 unspecified atom stereocenters. The lowest BCUT2D eigenvalue weighted by Crippen LogP contribution is -2.25. The average molecular weight is 444 g/mol. The number of carbonyl (C=O) groups is 1. The van der Waals surface area contributed by atoms with Gasteiger partial charge in [0.05, 0.1) is 5.71 Å². The molecule has 0 saturated carbocycles.